The molecule has 3 heterocycles. The van der Waals surface area contributed by atoms with E-state index in [4.69, 9.17) is 11.6 Å². The van der Waals surface area contributed by atoms with E-state index in [1.807, 2.05) is 0 Å². The van der Waals surface area contributed by atoms with E-state index in [9.17, 15) is 4.39 Å². The molecule has 1 aromatic heterocycles. The second-order valence-corrected chi connectivity index (χ2v) is 7.03. The van der Waals surface area contributed by atoms with Gasteiger partial charge in [0.2, 0.25) is 0 Å². The quantitative estimate of drug-likeness (QED) is 0.925. The molecule has 5 nitrogen and oxygen atoms in total. The number of hydrogen-bond donors (Lipinski definition) is 1. The Kier molecular flexibility index (Phi) is 4.52. The van der Waals surface area contributed by atoms with Crippen LogP contribution in [0.25, 0.3) is 0 Å². The minimum Gasteiger partial charge on any atom is -0.312 e. The monoisotopic (exact) mass is 349 g/mol. The molecule has 2 aliphatic rings. The van der Waals surface area contributed by atoms with Crippen molar-refractivity contribution in [2.24, 2.45) is 0 Å². The lowest BCUT2D eigenvalue weighted by molar-refractivity contribution is 0.197. The Morgan fingerprint density at radius 2 is 2.04 bits per heavy atom. The molecular formula is C17H21ClFN5. The molecule has 0 saturated carbocycles. The van der Waals surface area contributed by atoms with Gasteiger partial charge in [-0.1, -0.05) is 17.7 Å². The number of nitrogens with one attached hydrogen (secondary N) is 1. The molecule has 0 unspecified atom stereocenters. The topological polar surface area (TPSA) is 46.0 Å². The second kappa shape index (κ2) is 6.78. The molecule has 0 amide bonds. The molecule has 7 heteroatoms. The summed E-state index contributed by atoms with van der Waals surface area (Å²) in [7, 11) is 0. The average molecular weight is 350 g/mol. The van der Waals surface area contributed by atoms with Gasteiger partial charge in [-0.25, -0.2) is 4.39 Å². The number of benzene rings is 1. The summed E-state index contributed by atoms with van der Waals surface area (Å²) in [5.41, 5.74) is 0.712. The highest BCUT2D eigenvalue weighted by atomic mass is 35.5. The SMILES string of the molecule is Fc1cc(Cl)ccc1CN1CCC(c2nnc3n2CCNC3)CC1. The normalized spacial score (nSPS) is 19.4. The Hall–Kier alpha value is -1.50. The van der Waals surface area contributed by atoms with Crippen molar-refractivity contribution >= 4 is 11.6 Å². The van der Waals surface area contributed by atoms with Crippen LogP contribution in [-0.2, 0) is 19.6 Å². The number of hydrogen-bond acceptors (Lipinski definition) is 4. The van der Waals surface area contributed by atoms with Crippen molar-refractivity contribution in [2.75, 3.05) is 19.6 Å². The third-order valence-corrected chi connectivity index (χ3v) is 5.25. The molecule has 0 atom stereocenters. The van der Waals surface area contributed by atoms with Gasteiger partial charge < -0.3 is 9.88 Å². The van der Waals surface area contributed by atoms with Crippen molar-refractivity contribution in [3.63, 3.8) is 0 Å². The maximum Gasteiger partial charge on any atom is 0.147 e. The Labute approximate surface area is 145 Å². The first kappa shape index (κ1) is 16.0. The zero-order valence-corrected chi connectivity index (χ0v) is 14.3. The summed E-state index contributed by atoms with van der Waals surface area (Å²) < 4.78 is 16.2. The van der Waals surface area contributed by atoms with Crippen LogP contribution in [0.3, 0.4) is 0 Å². The third-order valence-electron chi connectivity index (χ3n) is 5.01. The molecule has 128 valence electrons. The van der Waals surface area contributed by atoms with Crippen molar-refractivity contribution in [3.8, 4) is 0 Å². The van der Waals surface area contributed by atoms with E-state index < -0.39 is 0 Å². The van der Waals surface area contributed by atoms with E-state index in [1.54, 1.807) is 12.1 Å². The van der Waals surface area contributed by atoms with Gasteiger partial charge in [0.25, 0.3) is 0 Å². The molecule has 1 aromatic carbocycles. The van der Waals surface area contributed by atoms with Gasteiger partial charge in [0.1, 0.15) is 17.5 Å². The van der Waals surface area contributed by atoms with Crippen molar-refractivity contribution in [1.29, 1.82) is 0 Å². The number of piperidine rings is 1. The smallest absolute Gasteiger partial charge is 0.147 e. The lowest BCUT2D eigenvalue weighted by Gasteiger charge is -2.32. The summed E-state index contributed by atoms with van der Waals surface area (Å²) in [6, 6.07) is 4.93. The van der Waals surface area contributed by atoms with Crippen molar-refractivity contribution < 1.29 is 4.39 Å². The van der Waals surface area contributed by atoms with Gasteiger partial charge >= 0.3 is 0 Å². The number of likely N-dealkylation sites (tertiary alicyclic amines) is 1. The predicted octanol–water partition coefficient (Wildman–Crippen LogP) is 2.55. The summed E-state index contributed by atoms with van der Waals surface area (Å²) in [4.78, 5) is 2.30. The summed E-state index contributed by atoms with van der Waals surface area (Å²) in [6.45, 7) is 5.28. The number of rotatable bonds is 3. The molecule has 1 fully saturated rings. The summed E-state index contributed by atoms with van der Waals surface area (Å²) in [6.07, 6.45) is 2.08. The highest BCUT2D eigenvalue weighted by molar-refractivity contribution is 6.30. The van der Waals surface area contributed by atoms with E-state index in [0.29, 0.717) is 23.0 Å². The van der Waals surface area contributed by atoms with E-state index in [2.05, 4.69) is 25.0 Å². The largest absolute Gasteiger partial charge is 0.312 e. The first-order chi connectivity index (χ1) is 11.7. The number of halogens is 2. The molecular weight excluding hydrogens is 329 g/mol. The minimum atomic E-state index is -0.219. The van der Waals surface area contributed by atoms with Crippen LogP contribution in [0.4, 0.5) is 4.39 Å². The first-order valence-corrected chi connectivity index (χ1v) is 8.87. The average Bonchev–Trinajstić information content (AvgIpc) is 3.02. The highest BCUT2D eigenvalue weighted by Gasteiger charge is 2.27. The molecule has 0 bridgehead atoms. The maximum atomic E-state index is 14.0. The zero-order chi connectivity index (χ0) is 16.5. The fraction of sp³-hybridized carbons (Fsp3) is 0.529. The fourth-order valence-corrected chi connectivity index (χ4v) is 3.82. The third kappa shape index (κ3) is 3.18. The number of nitrogens with zero attached hydrogens (tertiary/aromatic N) is 4. The molecule has 2 aliphatic heterocycles. The van der Waals surface area contributed by atoms with E-state index in [-0.39, 0.29) is 5.82 Å². The highest BCUT2D eigenvalue weighted by Crippen LogP contribution is 2.29. The lowest BCUT2D eigenvalue weighted by atomic mass is 9.95. The Balaban J connectivity index is 1.39. The molecule has 0 aliphatic carbocycles. The minimum absolute atomic E-state index is 0.219. The first-order valence-electron chi connectivity index (χ1n) is 8.49. The second-order valence-electron chi connectivity index (χ2n) is 6.59. The van der Waals surface area contributed by atoms with Crippen molar-refractivity contribution in [3.05, 3.63) is 46.3 Å². The number of aromatic nitrogens is 3. The van der Waals surface area contributed by atoms with Crippen LogP contribution in [0.2, 0.25) is 5.02 Å². The van der Waals surface area contributed by atoms with Gasteiger partial charge in [0, 0.05) is 36.1 Å². The van der Waals surface area contributed by atoms with Crippen LogP contribution in [-0.4, -0.2) is 39.3 Å². The van der Waals surface area contributed by atoms with Gasteiger partial charge in [-0.3, -0.25) is 4.90 Å². The van der Waals surface area contributed by atoms with Gasteiger partial charge in [-0.2, -0.15) is 0 Å². The van der Waals surface area contributed by atoms with E-state index in [1.165, 1.54) is 6.07 Å². The molecule has 0 spiro atoms. The van der Waals surface area contributed by atoms with Crippen LogP contribution in [0.5, 0.6) is 0 Å². The Morgan fingerprint density at radius 3 is 2.83 bits per heavy atom. The van der Waals surface area contributed by atoms with Crippen LogP contribution in [0.15, 0.2) is 18.2 Å². The predicted molar refractivity (Wildman–Crippen MR) is 90.4 cm³/mol. The van der Waals surface area contributed by atoms with Crippen LogP contribution in [0.1, 0.15) is 36.0 Å². The molecule has 0 radical (unpaired) electrons. The van der Waals surface area contributed by atoms with E-state index >= 15 is 0 Å². The molecule has 4 rings (SSSR count). The standard InChI is InChI=1S/C17H21ClFN5/c18-14-2-1-13(15(19)9-14)11-23-6-3-12(4-7-23)17-22-21-16-10-20-5-8-24(16)17/h1-2,9,12,20H,3-8,10-11H2. The molecule has 1 saturated heterocycles. The van der Waals surface area contributed by atoms with Crippen molar-refractivity contribution in [1.82, 2.24) is 25.0 Å². The summed E-state index contributed by atoms with van der Waals surface area (Å²) in [5.74, 6) is 2.41. The molecule has 2 aromatic rings. The Bertz CT molecular complexity index is 724. The Morgan fingerprint density at radius 1 is 1.21 bits per heavy atom. The fourth-order valence-electron chi connectivity index (χ4n) is 3.66. The lowest BCUT2D eigenvalue weighted by Crippen LogP contribution is -2.35. The van der Waals surface area contributed by atoms with Crippen LogP contribution >= 0.6 is 11.6 Å². The zero-order valence-electron chi connectivity index (χ0n) is 13.5. The molecule has 1 N–H and O–H groups in total. The van der Waals surface area contributed by atoms with Gasteiger partial charge in [-0.15, -0.1) is 10.2 Å². The van der Waals surface area contributed by atoms with Gasteiger partial charge in [0.15, 0.2) is 0 Å². The molecule has 24 heavy (non-hydrogen) atoms. The number of fused-ring (bicyclic) bond motifs is 1. The van der Waals surface area contributed by atoms with Gasteiger partial charge in [-0.05, 0) is 38.1 Å². The van der Waals surface area contributed by atoms with Gasteiger partial charge in [0.05, 0.1) is 6.54 Å². The summed E-state index contributed by atoms with van der Waals surface area (Å²) in [5, 5.41) is 12.5. The van der Waals surface area contributed by atoms with E-state index in [0.717, 1.165) is 57.2 Å². The van der Waals surface area contributed by atoms with Crippen LogP contribution < -0.4 is 5.32 Å². The van der Waals surface area contributed by atoms with Crippen molar-refractivity contribution in [2.45, 2.75) is 38.4 Å². The van der Waals surface area contributed by atoms with Crippen LogP contribution in [0, 0.1) is 5.82 Å². The summed E-state index contributed by atoms with van der Waals surface area (Å²) >= 11 is 5.82. The maximum absolute atomic E-state index is 14.0.